The molecule has 0 aromatic carbocycles. The summed E-state index contributed by atoms with van der Waals surface area (Å²) in [5.41, 5.74) is 2.34. The Bertz CT molecular complexity index is 689. The third-order valence-corrected chi connectivity index (χ3v) is 5.25. The summed E-state index contributed by atoms with van der Waals surface area (Å²) in [5.74, 6) is 1.42. The summed E-state index contributed by atoms with van der Waals surface area (Å²) in [4.78, 5) is 18.0. The summed E-state index contributed by atoms with van der Waals surface area (Å²) in [7, 11) is 0. The molecule has 4 rings (SSSR count). The Kier molecular flexibility index (Phi) is 4.90. The zero-order valence-electron chi connectivity index (χ0n) is 14.5. The second kappa shape index (κ2) is 7.45. The number of nitrogens with zero attached hydrogens (tertiary/aromatic N) is 5. The van der Waals surface area contributed by atoms with E-state index in [1.54, 1.807) is 6.33 Å². The van der Waals surface area contributed by atoms with E-state index in [0.29, 0.717) is 5.92 Å². The zero-order chi connectivity index (χ0) is 17.1. The molecule has 0 unspecified atom stereocenters. The van der Waals surface area contributed by atoms with E-state index in [-0.39, 0.29) is 6.10 Å². The molecule has 6 heteroatoms. The van der Waals surface area contributed by atoms with Crippen LogP contribution in [0.4, 0.5) is 5.82 Å². The van der Waals surface area contributed by atoms with Crippen molar-refractivity contribution in [2.45, 2.75) is 37.8 Å². The molecule has 25 heavy (non-hydrogen) atoms. The molecule has 2 aromatic heterocycles. The molecule has 2 fully saturated rings. The molecule has 0 radical (unpaired) electrons. The van der Waals surface area contributed by atoms with E-state index in [1.165, 1.54) is 5.56 Å². The van der Waals surface area contributed by atoms with Gasteiger partial charge in [-0.05, 0) is 30.9 Å². The van der Waals surface area contributed by atoms with Crippen molar-refractivity contribution < 1.29 is 5.11 Å². The van der Waals surface area contributed by atoms with Crippen molar-refractivity contribution in [1.82, 2.24) is 19.9 Å². The van der Waals surface area contributed by atoms with E-state index in [9.17, 15) is 5.11 Å². The second-order valence-electron chi connectivity index (χ2n) is 7.10. The van der Waals surface area contributed by atoms with E-state index < -0.39 is 0 Å². The van der Waals surface area contributed by atoms with Crippen LogP contribution >= 0.6 is 0 Å². The quantitative estimate of drug-likeness (QED) is 0.917. The predicted molar refractivity (Wildman–Crippen MR) is 96.4 cm³/mol. The first-order valence-corrected chi connectivity index (χ1v) is 9.14. The molecule has 1 N–H and O–H groups in total. The highest BCUT2D eigenvalue weighted by Gasteiger charge is 2.30. The van der Waals surface area contributed by atoms with E-state index in [2.05, 4.69) is 36.9 Å². The maximum Gasteiger partial charge on any atom is 0.132 e. The van der Waals surface area contributed by atoms with Crippen LogP contribution in [0.25, 0.3) is 0 Å². The zero-order valence-corrected chi connectivity index (χ0v) is 14.5. The van der Waals surface area contributed by atoms with Crippen LogP contribution in [-0.4, -0.2) is 57.2 Å². The Morgan fingerprint density at radius 2 is 2.04 bits per heavy atom. The fourth-order valence-corrected chi connectivity index (χ4v) is 3.69. The number of anilines is 1. The average molecular weight is 339 g/mol. The van der Waals surface area contributed by atoms with E-state index in [1.807, 2.05) is 18.5 Å². The smallest absolute Gasteiger partial charge is 0.132 e. The lowest BCUT2D eigenvalue weighted by molar-refractivity contribution is 0.0732. The minimum atomic E-state index is -0.150. The SMILES string of the molecule is OC1CC(c2cc(N3CCCN(Cc4cccnc4)CC3)ncn2)C1. The van der Waals surface area contributed by atoms with Crippen molar-refractivity contribution in [1.29, 1.82) is 0 Å². The van der Waals surface area contributed by atoms with Crippen LogP contribution in [0.1, 0.15) is 36.4 Å². The van der Waals surface area contributed by atoms with Crippen LogP contribution in [0.3, 0.4) is 0 Å². The summed E-state index contributed by atoms with van der Waals surface area (Å²) in [6.45, 7) is 5.07. The van der Waals surface area contributed by atoms with Crippen molar-refractivity contribution >= 4 is 5.82 Å². The molecule has 6 nitrogen and oxygen atoms in total. The summed E-state index contributed by atoms with van der Waals surface area (Å²) in [5, 5.41) is 9.52. The van der Waals surface area contributed by atoms with Crippen LogP contribution in [0.15, 0.2) is 36.9 Å². The third kappa shape index (κ3) is 3.96. The van der Waals surface area contributed by atoms with Gasteiger partial charge in [0.25, 0.3) is 0 Å². The monoisotopic (exact) mass is 339 g/mol. The van der Waals surface area contributed by atoms with Gasteiger partial charge in [0, 0.05) is 62.8 Å². The van der Waals surface area contributed by atoms with Gasteiger partial charge in [-0.3, -0.25) is 9.88 Å². The highest BCUT2D eigenvalue weighted by molar-refractivity contribution is 5.40. The largest absolute Gasteiger partial charge is 0.393 e. The number of hydrogen-bond donors (Lipinski definition) is 1. The first-order chi connectivity index (χ1) is 12.3. The number of aromatic nitrogens is 3. The van der Waals surface area contributed by atoms with Gasteiger partial charge in [-0.25, -0.2) is 9.97 Å². The fourth-order valence-electron chi connectivity index (χ4n) is 3.69. The lowest BCUT2D eigenvalue weighted by Crippen LogP contribution is -2.31. The van der Waals surface area contributed by atoms with Gasteiger partial charge in [-0.15, -0.1) is 0 Å². The molecule has 132 valence electrons. The van der Waals surface area contributed by atoms with Crippen LogP contribution in [-0.2, 0) is 6.54 Å². The lowest BCUT2D eigenvalue weighted by atomic mass is 9.80. The first kappa shape index (κ1) is 16.4. The maximum atomic E-state index is 9.52. The molecule has 2 aromatic rings. The molecule has 0 atom stereocenters. The maximum absolute atomic E-state index is 9.52. The van der Waals surface area contributed by atoms with Gasteiger partial charge in [0.2, 0.25) is 0 Å². The van der Waals surface area contributed by atoms with Crippen LogP contribution in [0.5, 0.6) is 0 Å². The molecule has 1 saturated heterocycles. The molecular formula is C19H25N5O. The van der Waals surface area contributed by atoms with E-state index in [4.69, 9.17) is 0 Å². The summed E-state index contributed by atoms with van der Waals surface area (Å²) in [6, 6.07) is 6.26. The number of hydrogen-bond acceptors (Lipinski definition) is 6. The fraction of sp³-hybridized carbons (Fsp3) is 0.526. The average Bonchev–Trinajstić information content (AvgIpc) is 2.86. The Balaban J connectivity index is 1.38. The Hall–Kier alpha value is -2.05. The minimum Gasteiger partial charge on any atom is -0.393 e. The standard InChI is InChI=1S/C19H25N5O/c25-17-9-16(10-17)18-11-19(22-14-21-18)24-6-2-5-23(7-8-24)13-15-3-1-4-20-12-15/h1,3-4,11-12,14,16-17,25H,2,5-10,13H2. The van der Waals surface area contributed by atoms with Crippen LogP contribution in [0.2, 0.25) is 0 Å². The highest BCUT2D eigenvalue weighted by atomic mass is 16.3. The molecule has 0 amide bonds. The van der Waals surface area contributed by atoms with Crippen LogP contribution < -0.4 is 4.90 Å². The van der Waals surface area contributed by atoms with Gasteiger partial charge in [0.05, 0.1) is 6.10 Å². The molecule has 1 aliphatic heterocycles. The molecular weight excluding hydrogens is 314 g/mol. The summed E-state index contributed by atoms with van der Waals surface area (Å²) < 4.78 is 0. The molecule has 1 saturated carbocycles. The van der Waals surface area contributed by atoms with Gasteiger partial charge < -0.3 is 10.0 Å². The minimum absolute atomic E-state index is 0.150. The molecule has 0 spiro atoms. The van der Waals surface area contributed by atoms with Crippen molar-refractivity contribution in [2.75, 3.05) is 31.1 Å². The Morgan fingerprint density at radius 1 is 1.12 bits per heavy atom. The van der Waals surface area contributed by atoms with Gasteiger partial charge in [0.15, 0.2) is 0 Å². The normalized spacial score (nSPS) is 24.6. The Morgan fingerprint density at radius 3 is 2.84 bits per heavy atom. The van der Waals surface area contributed by atoms with E-state index in [0.717, 1.165) is 63.5 Å². The van der Waals surface area contributed by atoms with E-state index >= 15 is 0 Å². The van der Waals surface area contributed by atoms with Crippen molar-refractivity contribution in [3.8, 4) is 0 Å². The number of aliphatic hydroxyl groups is 1. The Labute approximate surface area is 148 Å². The first-order valence-electron chi connectivity index (χ1n) is 9.14. The highest BCUT2D eigenvalue weighted by Crippen LogP contribution is 2.36. The summed E-state index contributed by atoms with van der Waals surface area (Å²) >= 11 is 0. The van der Waals surface area contributed by atoms with Crippen molar-refractivity contribution in [3.05, 3.63) is 48.2 Å². The van der Waals surface area contributed by atoms with Crippen LogP contribution in [0, 0.1) is 0 Å². The number of rotatable bonds is 4. The third-order valence-electron chi connectivity index (χ3n) is 5.25. The van der Waals surface area contributed by atoms with Gasteiger partial charge >= 0.3 is 0 Å². The molecule has 3 heterocycles. The predicted octanol–water partition coefficient (Wildman–Crippen LogP) is 1.82. The lowest BCUT2D eigenvalue weighted by Gasteiger charge is -2.31. The second-order valence-corrected chi connectivity index (χ2v) is 7.10. The number of aliphatic hydroxyl groups excluding tert-OH is 1. The van der Waals surface area contributed by atoms with Gasteiger partial charge in [-0.1, -0.05) is 6.07 Å². The molecule has 2 aliphatic rings. The summed E-state index contributed by atoms with van der Waals surface area (Å²) in [6.07, 6.45) is 8.08. The molecule has 0 bridgehead atoms. The van der Waals surface area contributed by atoms with Crippen molar-refractivity contribution in [3.63, 3.8) is 0 Å². The molecule has 1 aliphatic carbocycles. The topological polar surface area (TPSA) is 65.4 Å². The van der Waals surface area contributed by atoms with Gasteiger partial charge in [-0.2, -0.15) is 0 Å². The van der Waals surface area contributed by atoms with Gasteiger partial charge in [0.1, 0.15) is 12.1 Å². The van der Waals surface area contributed by atoms with Crippen molar-refractivity contribution in [2.24, 2.45) is 0 Å². The number of pyridine rings is 1.